The van der Waals surface area contributed by atoms with Crippen molar-refractivity contribution in [3.05, 3.63) is 101 Å². The molecule has 0 saturated carbocycles. The second kappa shape index (κ2) is 10.0. The van der Waals surface area contributed by atoms with Crippen molar-refractivity contribution in [2.24, 2.45) is 0 Å². The van der Waals surface area contributed by atoms with E-state index in [1.54, 1.807) is 40.7 Å². The quantitative estimate of drug-likeness (QED) is 0.240. The maximum absolute atomic E-state index is 12.5. The van der Waals surface area contributed by atoms with Gasteiger partial charge in [0.15, 0.2) is 11.0 Å². The zero-order chi connectivity index (χ0) is 25.1. The zero-order valence-electron chi connectivity index (χ0n) is 19.6. The van der Waals surface area contributed by atoms with Gasteiger partial charge in [-0.25, -0.2) is 14.6 Å². The third-order valence-electron chi connectivity index (χ3n) is 5.49. The summed E-state index contributed by atoms with van der Waals surface area (Å²) in [5.74, 6) is 0.445. The van der Waals surface area contributed by atoms with Crippen molar-refractivity contribution >= 4 is 34.6 Å². The van der Waals surface area contributed by atoms with E-state index in [0.717, 1.165) is 33.1 Å². The summed E-state index contributed by atoms with van der Waals surface area (Å²) in [4.78, 5) is 37.1. The van der Waals surface area contributed by atoms with Crippen molar-refractivity contribution in [3.63, 3.8) is 0 Å². The lowest BCUT2D eigenvalue weighted by atomic mass is 10.1. The van der Waals surface area contributed by atoms with Crippen molar-refractivity contribution in [3.8, 4) is 5.82 Å². The van der Waals surface area contributed by atoms with E-state index >= 15 is 0 Å². The second-order valence-corrected chi connectivity index (χ2v) is 9.16. The highest BCUT2D eigenvalue weighted by Crippen LogP contribution is 2.23. The topological polar surface area (TPSA) is 118 Å². The van der Waals surface area contributed by atoms with E-state index in [4.69, 9.17) is 0 Å². The minimum Gasteiger partial charge on any atom is -0.333 e. The molecule has 5 rings (SSSR count). The van der Waals surface area contributed by atoms with Crippen LogP contribution in [-0.4, -0.2) is 36.5 Å². The van der Waals surface area contributed by atoms with Gasteiger partial charge in [0.1, 0.15) is 0 Å². The van der Waals surface area contributed by atoms with Gasteiger partial charge in [-0.3, -0.25) is 20.4 Å². The smallest absolute Gasteiger partial charge is 0.271 e. The van der Waals surface area contributed by atoms with Gasteiger partial charge in [0.05, 0.1) is 22.3 Å². The Bertz CT molecular complexity index is 1510. The zero-order valence-corrected chi connectivity index (χ0v) is 20.5. The Kier molecular flexibility index (Phi) is 6.50. The molecule has 3 N–H and O–H groups in total. The fourth-order valence-corrected chi connectivity index (χ4v) is 4.51. The monoisotopic (exact) mass is 497 g/mol. The van der Waals surface area contributed by atoms with Gasteiger partial charge in [0, 0.05) is 23.2 Å². The molecular formula is C26H23N7O2S. The van der Waals surface area contributed by atoms with Crippen molar-refractivity contribution in [1.82, 2.24) is 35.6 Å². The second-order valence-electron chi connectivity index (χ2n) is 8.20. The molecule has 180 valence electrons. The first-order chi connectivity index (χ1) is 17.5. The number of imidazole rings is 1. The van der Waals surface area contributed by atoms with Gasteiger partial charge in [0.2, 0.25) is 0 Å². The van der Waals surface area contributed by atoms with Crippen LogP contribution in [0, 0.1) is 13.8 Å². The van der Waals surface area contributed by atoms with Crippen LogP contribution in [0.2, 0.25) is 0 Å². The maximum atomic E-state index is 12.5. The third kappa shape index (κ3) is 5.13. The number of para-hydroxylation sites is 2. The van der Waals surface area contributed by atoms with Gasteiger partial charge < -0.3 is 4.98 Å². The number of thioether (sulfide) groups is 1. The van der Waals surface area contributed by atoms with Crippen LogP contribution < -0.4 is 10.9 Å². The number of hydrogen-bond donors (Lipinski definition) is 3. The number of carbonyl (C=O) groups excluding carboxylic acids is 2. The summed E-state index contributed by atoms with van der Waals surface area (Å²) in [5, 5.41) is 5.23. The summed E-state index contributed by atoms with van der Waals surface area (Å²) in [7, 11) is 0. The number of carbonyl (C=O) groups is 2. The number of aromatic nitrogens is 5. The molecule has 0 unspecified atom stereocenters. The Hall–Kier alpha value is -4.44. The molecule has 9 nitrogen and oxygen atoms in total. The number of hydrazine groups is 1. The fraction of sp³-hybridized carbons (Fsp3) is 0.115. The van der Waals surface area contributed by atoms with Crippen molar-refractivity contribution in [1.29, 1.82) is 0 Å². The highest BCUT2D eigenvalue weighted by molar-refractivity contribution is 7.98. The molecule has 3 aromatic heterocycles. The molecule has 0 bridgehead atoms. The highest BCUT2D eigenvalue weighted by Gasteiger charge is 2.12. The summed E-state index contributed by atoms with van der Waals surface area (Å²) in [6, 6.07) is 20.4. The van der Waals surface area contributed by atoms with Crippen molar-refractivity contribution < 1.29 is 9.59 Å². The normalized spacial score (nSPS) is 10.9. The number of hydrogen-bond acceptors (Lipinski definition) is 6. The van der Waals surface area contributed by atoms with E-state index in [0.29, 0.717) is 22.7 Å². The molecule has 0 aliphatic rings. The minimum atomic E-state index is -0.463. The first-order valence-electron chi connectivity index (χ1n) is 11.2. The number of pyridine rings is 1. The molecule has 0 spiro atoms. The van der Waals surface area contributed by atoms with E-state index in [1.807, 2.05) is 56.3 Å². The predicted molar refractivity (Wildman–Crippen MR) is 138 cm³/mol. The molecule has 10 heteroatoms. The Morgan fingerprint density at radius 3 is 2.33 bits per heavy atom. The fourth-order valence-electron chi connectivity index (χ4n) is 3.67. The molecule has 0 aliphatic heterocycles. The van der Waals surface area contributed by atoms with Gasteiger partial charge in [-0.05, 0) is 61.9 Å². The molecule has 0 aliphatic carbocycles. The van der Waals surface area contributed by atoms with Gasteiger partial charge in [-0.2, -0.15) is 5.10 Å². The third-order valence-corrected chi connectivity index (χ3v) is 6.43. The average Bonchev–Trinajstić information content (AvgIpc) is 3.47. The number of H-pyrrole nitrogens is 1. The van der Waals surface area contributed by atoms with Crippen molar-refractivity contribution in [2.45, 2.75) is 24.8 Å². The Morgan fingerprint density at radius 1 is 0.944 bits per heavy atom. The number of aromatic amines is 1. The number of benzene rings is 2. The molecule has 0 radical (unpaired) electrons. The van der Waals surface area contributed by atoms with Crippen LogP contribution in [0.1, 0.15) is 37.7 Å². The van der Waals surface area contributed by atoms with Crippen LogP contribution in [0.15, 0.2) is 78.1 Å². The van der Waals surface area contributed by atoms with Crippen LogP contribution in [0.4, 0.5) is 0 Å². The maximum Gasteiger partial charge on any atom is 0.271 e. The lowest BCUT2D eigenvalue weighted by Gasteiger charge is -2.09. The lowest BCUT2D eigenvalue weighted by Crippen LogP contribution is -2.41. The van der Waals surface area contributed by atoms with Gasteiger partial charge in [0.25, 0.3) is 11.8 Å². The van der Waals surface area contributed by atoms with Crippen LogP contribution in [0.5, 0.6) is 0 Å². The molecule has 0 fully saturated rings. The molecule has 3 heterocycles. The molecule has 0 saturated heterocycles. The number of nitrogens with zero attached hydrogens (tertiary/aromatic N) is 4. The van der Waals surface area contributed by atoms with Crippen LogP contribution in [0.25, 0.3) is 16.9 Å². The van der Waals surface area contributed by atoms with Gasteiger partial charge >= 0.3 is 0 Å². The lowest BCUT2D eigenvalue weighted by molar-refractivity contribution is 0.0846. The number of rotatable bonds is 6. The first kappa shape index (κ1) is 23.3. The largest absolute Gasteiger partial charge is 0.333 e. The van der Waals surface area contributed by atoms with Crippen LogP contribution in [0.3, 0.4) is 0 Å². The average molecular weight is 498 g/mol. The highest BCUT2D eigenvalue weighted by atomic mass is 32.2. The first-order valence-corrected chi connectivity index (χ1v) is 12.2. The SMILES string of the molecule is Cc1cc(C)n(-c2ccc(C(=O)NNC(=O)c3ccc(CSc4nc5ccccc5[nH]4)cc3)cn2)n1. The van der Waals surface area contributed by atoms with E-state index in [2.05, 4.69) is 30.9 Å². The van der Waals surface area contributed by atoms with E-state index in [-0.39, 0.29) is 0 Å². The number of amides is 2. The summed E-state index contributed by atoms with van der Waals surface area (Å²) >= 11 is 1.59. The predicted octanol–water partition coefficient (Wildman–Crippen LogP) is 4.13. The summed E-state index contributed by atoms with van der Waals surface area (Å²) in [5.41, 5.74) is 10.4. The summed E-state index contributed by atoms with van der Waals surface area (Å²) in [6.07, 6.45) is 1.45. The van der Waals surface area contributed by atoms with Crippen LogP contribution >= 0.6 is 11.8 Å². The minimum absolute atomic E-state index is 0.318. The molecule has 5 aromatic rings. The van der Waals surface area contributed by atoms with E-state index in [9.17, 15) is 9.59 Å². The number of fused-ring (bicyclic) bond motifs is 1. The van der Waals surface area contributed by atoms with Gasteiger partial charge in [-0.15, -0.1) is 0 Å². The number of aryl methyl sites for hydroxylation is 2. The Balaban J connectivity index is 1.13. The molecular weight excluding hydrogens is 474 g/mol. The molecule has 2 amide bonds. The molecule has 2 aromatic carbocycles. The summed E-state index contributed by atoms with van der Waals surface area (Å²) in [6.45, 7) is 3.84. The Morgan fingerprint density at radius 2 is 1.67 bits per heavy atom. The Labute approximate surface area is 211 Å². The standard InChI is InChI=1S/C26H23N7O2S/c1-16-13-17(2)33(32-16)23-12-11-20(14-27-23)25(35)31-30-24(34)19-9-7-18(8-10-19)15-36-26-28-21-5-3-4-6-22(21)29-26/h3-14H,15H2,1-2H3,(H,28,29)(H,30,34)(H,31,35). The van der Waals surface area contributed by atoms with Crippen molar-refractivity contribution in [2.75, 3.05) is 0 Å². The van der Waals surface area contributed by atoms with Gasteiger partial charge in [-0.1, -0.05) is 36.0 Å². The van der Waals surface area contributed by atoms with Crippen LogP contribution in [-0.2, 0) is 5.75 Å². The van der Waals surface area contributed by atoms with E-state index < -0.39 is 11.8 Å². The van der Waals surface area contributed by atoms with E-state index in [1.165, 1.54) is 6.20 Å². The molecule has 36 heavy (non-hydrogen) atoms. The molecule has 0 atom stereocenters. The number of nitrogens with one attached hydrogen (secondary N) is 3. The summed E-state index contributed by atoms with van der Waals surface area (Å²) < 4.78 is 1.71.